The summed E-state index contributed by atoms with van der Waals surface area (Å²) >= 11 is 0. The number of anilines is 1. The Morgan fingerprint density at radius 3 is 2.64 bits per heavy atom. The maximum Gasteiger partial charge on any atom is 0.135 e. The molecule has 22 heavy (non-hydrogen) atoms. The van der Waals surface area contributed by atoms with Crippen molar-refractivity contribution >= 4 is 11.5 Å². The van der Waals surface area contributed by atoms with E-state index in [1.807, 2.05) is 43.3 Å². The molecule has 2 N–H and O–H groups in total. The highest BCUT2D eigenvalue weighted by molar-refractivity contribution is 6.13. The molecule has 2 aromatic rings. The standard InChI is InChI=1S/C18H23N3O/c1-3-5-12-20-18-16(7-6-13-21-18)17(19)14-8-10-15(11-9-14)22-4-2/h6-11,13,19H,3-5,12H2,1-2H3,(H,20,21). The molecule has 0 saturated heterocycles. The van der Waals surface area contributed by atoms with Gasteiger partial charge >= 0.3 is 0 Å². The van der Waals surface area contributed by atoms with Crippen molar-refractivity contribution in [2.45, 2.75) is 26.7 Å². The summed E-state index contributed by atoms with van der Waals surface area (Å²) in [6.45, 7) is 5.63. The summed E-state index contributed by atoms with van der Waals surface area (Å²) in [6.07, 6.45) is 3.97. The van der Waals surface area contributed by atoms with E-state index in [1.54, 1.807) is 6.20 Å². The molecule has 0 saturated carbocycles. The van der Waals surface area contributed by atoms with Crippen LogP contribution in [0.1, 0.15) is 37.8 Å². The third-order valence-corrected chi connectivity index (χ3v) is 3.35. The molecule has 1 heterocycles. The molecule has 1 aromatic carbocycles. The van der Waals surface area contributed by atoms with Gasteiger partial charge in [-0.3, -0.25) is 5.41 Å². The highest BCUT2D eigenvalue weighted by Gasteiger charge is 2.10. The van der Waals surface area contributed by atoms with Gasteiger partial charge in [0.25, 0.3) is 0 Å². The molecule has 1 aromatic heterocycles. The van der Waals surface area contributed by atoms with E-state index in [-0.39, 0.29) is 0 Å². The van der Waals surface area contributed by atoms with Crippen molar-refractivity contribution in [2.24, 2.45) is 0 Å². The van der Waals surface area contributed by atoms with E-state index < -0.39 is 0 Å². The van der Waals surface area contributed by atoms with Crippen LogP contribution in [0.5, 0.6) is 5.75 Å². The number of rotatable bonds is 8. The summed E-state index contributed by atoms with van der Waals surface area (Å²) < 4.78 is 5.44. The first-order valence-corrected chi connectivity index (χ1v) is 7.77. The van der Waals surface area contributed by atoms with Gasteiger partial charge in [0.05, 0.1) is 12.3 Å². The molecular formula is C18H23N3O. The van der Waals surface area contributed by atoms with Crippen molar-refractivity contribution in [3.8, 4) is 5.75 Å². The average Bonchev–Trinajstić information content (AvgIpc) is 2.56. The van der Waals surface area contributed by atoms with Gasteiger partial charge in [-0.05, 0) is 49.7 Å². The zero-order valence-electron chi connectivity index (χ0n) is 13.2. The Bertz CT molecular complexity index is 608. The number of nitrogens with zero attached hydrogens (tertiary/aromatic N) is 1. The van der Waals surface area contributed by atoms with Gasteiger partial charge in [-0.2, -0.15) is 0 Å². The van der Waals surface area contributed by atoms with Crippen LogP contribution in [0, 0.1) is 5.41 Å². The maximum atomic E-state index is 8.44. The summed E-state index contributed by atoms with van der Waals surface area (Å²) in [7, 11) is 0. The van der Waals surface area contributed by atoms with Gasteiger partial charge in [-0.1, -0.05) is 13.3 Å². The summed E-state index contributed by atoms with van der Waals surface area (Å²) in [4.78, 5) is 4.37. The van der Waals surface area contributed by atoms with E-state index >= 15 is 0 Å². The fourth-order valence-electron chi connectivity index (χ4n) is 2.17. The quantitative estimate of drug-likeness (QED) is 0.569. The molecule has 0 fully saturated rings. The molecule has 4 nitrogen and oxygen atoms in total. The minimum absolute atomic E-state index is 0.468. The molecule has 116 valence electrons. The van der Waals surface area contributed by atoms with Crippen molar-refractivity contribution in [1.29, 1.82) is 5.41 Å². The minimum Gasteiger partial charge on any atom is -0.494 e. The third-order valence-electron chi connectivity index (χ3n) is 3.35. The van der Waals surface area contributed by atoms with E-state index in [2.05, 4.69) is 17.2 Å². The molecule has 0 unspecified atom stereocenters. The van der Waals surface area contributed by atoms with Gasteiger partial charge in [0.1, 0.15) is 11.6 Å². The Hall–Kier alpha value is -2.36. The summed E-state index contributed by atoms with van der Waals surface area (Å²) in [6, 6.07) is 11.4. The molecule has 0 aliphatic rings. The molecule has 0 amide bonds. The number of hydrogen-bond donors (Lipinski definition) is 2. The number of ether oxygens (including phenoxy) is 1. The van der Waals surface area contributed by atoms with Gasteiger partial charge < -0.3 is 10.1 Å². The SMILES string of the molecule is CCCCNc1ncccc1C(=N)c1ccc(OCC)cc1. The fourth-order valence-corrected chi connectivity index (χ4v) is 2.17. The summed E-state index contributed by atoms with van der Waals surface area (Å²) in [5.74, 6) is 1.60. The van der Waals surface area contributed by atoms with Crippen molar-refractivity contribution in [3.63, 3.8) is 0 Å². The lowest BCUT2D eigenvalue weighted by Gasteiger charge is -2.12. The van der Waals surface area contributed by atoms with E-state index in [0.717, 1.165) is 42.1 Å². The van der Waals surface area contributed by atoms with Crippen LogP contribution in [0.15, 0.2) is 42.6 Å². The molecule has 0 bridgehead atoms. The average molecular weight is 297 g/mol. The van der Waals surface area contributed by atoms with Crippen molar-refractivity contribution in [2.75, 3.05) is 18.5 Å². The molecule has 0 atom stereocenters. The largest absolute Gasteiger partial charge is 0.494 e. The Morgan fingerprint density at radius 1 is 1.18 bits per heavy atom. The number of nitrogens with one attached hydrogen (secondary N) is 2. The first kappa shape index (κ1) is 16.0. The van der Waals surface area contributed by atoms with E-state index in [1.165, 1.54) is 0 Å². The zero-order chi connectivity index (χ0) is 15.8. The Balaban J connectivity index is 2.17. The molecule has 0 aliphatic heterocycles. The second kappa shape index (κ2) is 8.17. The Kier molecular flexibility index (Phi) is 5.95. The Morgan fingerprint density at radius 2 is 1.95 bits per heavy atom. The highest BCUT2D eigenvalue weighted by Crippen LogP contribution is 2.19. The predicted molar refractivity (Wildman–Crippen MR) is 91.2 cm³/mol. The number of aromatic nitrogens is 1. The lowest BCUT2D eigenvalue weighted by Crippen LogP contribution is -2.10. The molecule has 0 aliphatic carbocycles. The van der Waals surface area contributed by atoms with Crippen LogP contribution in [0.2, 0.25) is 0 Å². The van der Waals surface area contributed by atoms with Crippen LogP contribution in [-0.4, -0.2) is 23.8 Å². The minimum atomic E-state index is 0.468. The maximum absolute atomic E-state index is 8.44. The molecule has 4 heteroatoms. The summed E-state index contributed by atoms with van der Waals surface area (Å²) in [5.41, 5.74) is 2.15. The Labute approximate surface area is 132 Å². The first-order valence-electron chi connectivity index (χ1n) is 7.77. The lowest BCUT2D eigenvalue weighted by atomic mass is 10.0. The van der Waals surface area contributed by atoms with Gasteiger partial charge in [0, 0.05) is 23.9 Å². The zero-order valence-corrected chi connectivity index (χ0v) is 13.2. The second-order valence-electron chi connectivity index (χ2n) is 5.01. The fraction of sp³-hybridized carbons (Fsp3) is 0.333. The van der Waals surface area contributed by atoms with Crippen molar-refractivity contribution in [3.05, 3.63) is 53.7 Å². The smallest absolute Gasteiger partial charge is 0.135 e. The molecule has 0 spiro atoms. The monoisotopic (exact) mass is 297 g/mol. The van der Waals surface area contributed by atoms with Gasteiger partial charge in [0.2, 0.25) is 0 Å². The van der Waals surface area contributed by atoms with Crippen LogP contribution in [0.25, 0.3) is 0 Å². The number of pyridine rings is 1. The normalized spacial score (nSPS) is 10.3. The van der Waals surface area contributed by atoms with Crippen LogP contribution in [-0.2, 0) is 0 Å². The molecule has 2 rings (SSSR count). The predicted octanol–water partition coefficient (Wildman–Crippen LogP) is 4.11. The van der Waals surface area contributed by atoms with Crippen LogP contribution in [0.4, 0.5) is 5.82 Å². The topological polar surface area (TPSA) is 58.0 Å². The molecular weight excluding hydrogens is 274 g/mol. The number of hydrogen-bond acceptors (Lipinski definition) is 4. The highest BCUT2D eigenvalue weighted by atomic mass is 16.5. The van der Waals surface area contributed by atoms with Crippen LogP contribution < -0.4 is 10.1 Å². The van der Waals surface area contributed by atoms with Crippen LogP contribution in [0.3, 0.4) is 0 Å². The van der Waals surface area contributed by atoms with Crippen molar-refractivity contribution in [1.82, 2.24) is 4.98 Å². The van der Waals surface area contributed by atoms with Gasteiger partial charge in [0.15, 0.2) is 0 Å². The van der Waals surface area contributed by atoms with Gasteiger partial charge in [-0.15, -0.1) is 0 Å². The van der Waals surface area contributed by atoms with Crippen molar-refractivity contribution < 1.29 is 4.74 Å². The summed E-state index contributed by atoms with van der Waals surface area (Å²) in [5, 5.41) is 11.8. The van der Waals surface area contributed by atoms with Crippen LogP contribution >= 0.6 is 0 Å². The second-order valence-corrected chi connectivity index (χ2v) is 5.01. The lowest BCUT2D eigenvalue weighted by molar-refractivity contribution is 0.340. The first-order chi connectivity index (χ1) is 10.8. The molecule has 0 radical (unpaired) electrons. The van der Waals surface area contributed by atoms with E-state index in [0.29, 0.717) is 12.3 Å². The number of unbranched alkanes of at least 4 members (excludes halogenated alkanes) is 1. The van der Waals surface area contributed by atoms with E-state index in [9.17, 15) is 0 Å². The number of benzene rings is 1. The van der Waals surface area contributed by atoms with E-state index in [4.69, 9.17) is 10.1 Å². The third kappa shape index (κ3) is 4.07. The van der Waals surface area contributed by atoms with Gasteiger partial charge in [-0.25, -0.2) is 4.98 Å².